The zero-order chi connectivity index (χ0) is 7.28. The van der Waals surface area contributed by atoms with Gasteiger partial charge in [0.2, 0.25) is 0 Å². The van der Waals surface area contributed by atoms with Crippen LogP contribution in [0.5, 0.6) is 0 Å². The van der Waals surface area contributed by atoms with Crippen LogP contribution in [0.1, 0.15) is 0 Å². The van der Waals surface area contributed by atoms with Crippen molar-refractivity contribution in [2.24, 2.45) is 0 Å². The minimum Gasteiger partial charge on any atom is -0.204 e. The molecule has 0 bridgehead atoms. The molecule has 0 aliphatic heterocycles. The molecule has 1 aliphatic rings. The highest BCUT2D eigenvalue weighted by molar-refractivity contribution is 5.23. The molecule has 0 fully saturated rings. The predicted octanol–water partition coefficient (Wildman–Crippen LogP) is 1.93. The highest BCUT2D eigenvalue weighted by Crippen LogP contribution is 2.49. The maximum atomic E-state index is 11.5. The van der Waals surface area contributed by atoms with E-state index in [1.54, 1.807) is 0 Å². The van der Waals surface area contributed by atoms with Gasteiger partial charge in [0.15, 0.2) is 5.83 Å². The van der Waals surface area contributed by atoms with Crippen molar-refractivity contribution in [2.45, 2.75) is 11.8 Å². The minimum atomic E-state index is -4.62. The molecule has 1 rings (SSSR count). The van der Waals surface area contributed by atoms with Gasteiger partial charge in [0.25, 0.3) is 0 Å². The number of hydrogen-bond acceptors (Lipinski definition) is 0. The minimum absolute atomic E-state index is 0.639. The molecule has 5 heteroatoms. The van der Waals surface area contributed by atoms with Gasteiger partial charge >= 0.3 is 11.8 Å². The zero-order valence-corrected chi connectivity index (χ0v) is 3.89. The number of halogens is 5. The Morgan fingerprint density at radius 3 is 1.56 bits per heavy atom. The van der Waals surface area contributed by atoms with E-state index in [4.69, 9.17) is 0 Å². The van der Waals surface area contributed by atoms with E-state index in [1.165, 1.54) is 0 Å². The molecule has 0 aromatic carbocycles. The molecule has 0 unspecified atom stereocenters. The Kier molecular flexibility index (Phi) is 0.921. The maximum Gasteiger partial charge on any atom is 0.365 e. The summed E-state index contributed by atoms with van der Waals surface area (Å²) >= 11 is 0. The summed E-state index contributed by atoms with van der Waals surface area (Å²) in [6.45, 7) is 0. The number of hydrogen-bond donors (Lipinski definition) is 0. The monoisotopic (exact) mass is 143 g/mol. The Balaban J connectivity index is 2.94. The van der Waals surface area contributed by atoms with Gasteiger partial charge in [0, 0.05) is 0 Å². The molecular weight excluding hydrogens is 143 g/mol. The molecular formula is C4F5. The second-order valence-corrected chi connectivity index (χ2v) is 1.59. The standard InChI is InChI=1S/C4F5/c5-2-1-3(6,7)4(2,8)9. The van der Waals surface area contributed by atoms with E-state index in [0.29, 0.717) is 6.08 Å². The van der Waals surface area contributed by atoms with E-state index >= 15 is 0 Å². The van der Waals surface area contributed by atoms with E-state index < -0.39 is 17.7 Å². The van der Waals surface area contributed by atoms with Crippen LogP contribution in [0.2, 0.25) is 0 Å². The molecule has 0 saturated carbocycles. The van der Waals surface area contributed by atoms with Gasteiger partial charge in [-0.1, -0.05) is 0 Å². The van der Waals surface area contributed by atoms with Crippen LogP contribution in [0.15, 0.2) is 5.83 Å². The number of rotatable bonds is 0. The van der Waals surface area contributed by atoms with E-state index in [1.807, 2.05) is 0 Å². The van der Waals surface area contributed by atoms with Crippen LogP contribution in [0.4, 0.5) is 22.0 Å². The Bertz CT molecular complexity index is 168. The summed E-state index contributed by atoms with van der Waals surface area (Å²) < 4.78 is 57.2. The Labute approximate surface area is 47.0 Å². The van der Waals surface area contributed by atoms with Gasteiger partial charge in [-0.15, -0.1) is 0 Å². The highest BCUT2D eigenvalue weighted by atomic mass is 19.3. The van der Waals surface area contributed by atoms with Crippen molar-refractivity contribution in [3.05, 3.63) is 11.9 Å². The van der Waals surface area contributed by atoms with Crippen LogP contribution in [0.25, 0.3) is 0 Å². The summed E-state index contributed by atoms with van der Waals surface area (Å²) in [7, 11) is 0. The lowest BCUT2D eigenvalue weighted by Crippen LogP contribution is -2.48. The van der Waals surface area contributed by atoms with Crippen LogP contribution in [0.3, 0.4) is 0 Å². The first-order chi connectivity index (χ1) is 3.88. The van der Waals surface area contributed by atoms with Crippen molar-refractivity contribution in [3.63, 3.8) is 0 Å². The largest absolute Gasteiger partial charge is 0.365 e. The lowest BCUT2D eigenvalue weighted by molar-refractivity contribution is -0.200. The second kappa shape index (κ2) is 1.27. The van der Waals surface area contributed by atoms with Gasteiger partial charge in [-0.3, -0.25) is 0 Å². The Hall–Kier alpha value is -0.610. The lowest BCUT2D eigenvalue weighted by atomic mass is 9.99. The van der Waals surface area contributed by atoms with Crippen molar-refractivity contribution < 1.29 is 22.0 Å². The molecule has 0 spiro atoms. The first kappa shape index (κ1) is 6.51. The van der Waals surface area contributed by atoms with Crippen molar-refractivity contribution in [1.29, 1.82) is 0 Å². The van der Waals surface area contributed by atoms with Crippen LogP contribution >= 0.6 is 0 Å². The van der Waals surface area contributed by atoms with Crippen molar-refractivity contribution in [1.82, 2.24) is 0 Å². The van der Waals surface area contributed by atoms with Crippen LogP contribution in [0, 0.1) is 6.08 Å². The molecule has 9 heavy (non-hydrogen) atoms. The fraction of sp³-hybridized carbons (Fsp3) is 0.500. The lowest BCUT2D eigenvalue weighted by Gasteiger charge is -2.28. The molecule has 0 heterocycles. The smallest absolute Gasteiger partial charge is 0.204 e. The molecule has 0 saturated heterocycles. The third-order valence-corrected chi connectivity index (χ3v) is 0.937. The van der Waals surface area contributed by atoms with E-state index in [-0.39, 0.29) is 0 Å². The van der Waals surface area contributed by atoms with Crippen molar-refractivity contribution in [2.75, 3.05) is 0 Å². The molecule has 51 valence electrons. The molecule has 0 nitrogen and oxygen atoms in total. The fourth-order valence-corrected chi connectivity index (χ4v) is 0.370. The summed E-state index contributed by atoms with van der Waals surface area (Å²) in [6, 6.07) is 0. The first-order valence-corrected chi connectivity index (χ1v) is 1.94. The first-order valence-electron chi connectivity index (χ1n) is 1.94. The quantitative estimate of drug-likeness (QED) is 0.454. The SMILES string of the molecule is FC1=[C]C(F)(F)C1(F)F. The third-order valence-electron chi connectivity index (χ3n) is 0.937. The van der Waals surface area contributed by atoms with Crippen LogP contribution < -0.4 is 0 Å². The van der Waals surface area contributed by atoms with Crippen molar-refractivity contribution >= 4 is 0 Å². The molecule has 1 aliphatic carbocycles. The summed E-state index contributed by atoms with van der Waals surface area (Å²) in [5.41, 5.74) is 0. The predicted molar refractivity (Wildman–Crippen MR) is 17.8 cm³/mol. The molecule has 0 atom stereocenters. The molecule has 0 aromatic rings. The second-order valence-electron chi connectivity index (χ2n) is 1.59. The topological polar surface area (TPSA) is 0 Å². The van der Waals surface area contributed by atoms with Gasteiger partial charge in [-0.25, -0.2) is 4.39 Å². The summed E-state index contributed by atoms with van der Waals surface area (Å²) in [5.74, 6) is -11.2. The van der Waals surface area contributed by atoms with Gasteiger partial charge < -0.3 is 0 Å². The molecule has 0 aromatic heterocycles. The van der Waals surface area contributed by atoms with E-state index in [9.17, 15) is 22.0 Å². The molecule has 0 N–H and O–H groups in total. The Morgan fingerprint density at radius 1 is 1.11 bits per heavy atom. The van der Waals surface area contributed by atoms with Crippen LogP contribution in [-0.4, -0.2) is 11.8 Å². The maximum absolute atomic E-state index is 11.5. The van der Waals surface area contributed by atoms with Gasteiger partial charge in [-0.2, -0.15) is 17.6 Å². The van der Waals surface area contributed by atoms with Gasteiger partial charge in [-0.05, 0) is 0 Å². The summed E-state index contributed by atoms with van der Waals surface area (Å²) in [5, 5.41) is 0. The highest BCUT2D eigenvalue weighted by Gasteiger charge is 2.67. The summed E-state index contributed by atoms with van der Waals surface area (Å²) in [6.07, 6.45) is 0.639. The van der Waals surface area contributed by atoms with Crippen molar-refractivity contribution in [3.8, 4) is 0 Å². The average molecular weight is 143 g/mol. The van der Waals surface area contributed by atoms with E-state index in [2.05, 4.69) is 0 Å². The van der Waals surface area contributed by atoms with Gasteiger partial charge in [0.1, 0.15) is 0 Å². The number of alkyl halides is 4. The zero-order valence-electron chi connectivity index (χ0n) is 3.89. The Morgan fingerprint density at radius 2 is 1.56 bits per heavy atom. The van der Waals surface area contributed by atoms with Gasteiger partial charge in [0.05, 0.1) is 6.08 Å². The number of allylic oxidation sites excluding steroid dienone is 2. The third kappa shape index (κ3) is 0.571. The fourth-order valence-electron chi connectivity index (χ4n) is 0.370. The molecule has 1 radical (unpaired) electrons. The van der Waals surface area contributed by atoms with Crippen LogP contribution in [-0.2, 0) is 0 Å². The molecule has 0 amide bonds. The normalized spacial score (nSPS) is 28.8. The average Bonchev–Trinajstić information content (AvgIpc) is 1.65. The van der Waals surface area contributed by atoms with E-state index in [0.717, 1.165) is 0 Å². The summed E-state index contributed by atoms with van der Waals surface area (Å²) in [4.78, 5) is 0.